The second-order valence-electron chi connectivity index (χ2n) is 2.68. The van der Waals surface area contributed by atoms with Gasteiger partial charge in [0, 0.05) is 6.54 Å². The minimum atomic E-state index is -4.22. The predicted octanol–water partition coefficient (Wildman–Crippen LogP) is -0.0217. The summed E-state index contributed by atoms with van der Waals surface area (Å²) in [5, 5.41) is 1.63. The van der Waals surface area contributed by atoms with Gasteiger partial charge in [-0.1, -0.05) is 0 Å². The van der Waals surface area contributed by atoms with Crippen LogP contribution in [-0.4, -0.2) is 44.6 Å². The van der Waals surface area contributed by atoms with Crippen LogP contribution in [0.25, 0.3) is 0 Å². The van der Waals surface area contributed by atoms with Crippen molar-refractivity contribution in [2.75, 3.05) is 26.3 Å². The summed E-state index contributed by atoms with van der Waals surface area (Å²) in [5.41, 5.74) is 5.02. The van der Waals surface area contributed by atoms with Crippen molar-refractivity contribution in [3.8, 4) is 0 Å². The molecule has 0 aliphatic carbocycles. The fraction of sp³-hybridized carbons (Fsp3) is 0.857. The average Bonchev–Trinajstić information content (AvgIpc) is 2.15. The largest absolute Gasteiger partial charge is 0.370 e. The summed E-state index contributed by atoms with van der Waals surface area (Å²) >= 11 is 0. The number of alkyl halides is 4. The molecule has 0 saturated heterocycles. The highest BCUT2D eigenvalue weighted by Gasteiger charge is 2.40. The van der Waals surface area contributed by atoms with Gasteiger partial charge in [0.05, 0.1) is 13.2 Å². The number of ether oxygens (including phenoxy) is 1. The van der Waals surface area contributed by atoms with Gasteiger partial charge in [0.15, 0.2) is 0 Å². The van der Waals surface area contributed by atoms with Crippen molar-refractivity contribution < 1.29 is 27.1 Å². The predicted molar refractivity (Wildman–Crippen MR) is 43.8 cm³/mol. The molecule has 90 valence electrons. The van der Waals surface area contributed by atoms with Gasteiger partial charge in [0.25, 0.3) is 0 Å². The van der Waals surface area contributed by atoms with E-state index in [2.05, 4.69) is 4.74 Å². The Labute approximate surface area is 83.8 Å². The van der Waals surface area contributed by atoms with Crippen LogP contribution in [0.1, 0.15) is 0 Å². The van der Waals surface area contributed by atoms with Gasteiger partial charge in [-0.25, -0.2) is 8.78 Å². The maximum atomic E-state index is 12.3. The van der Waals surface area contributed by atoms with E-state index in [1.165, 1.54) is 0 Å². The van der Waals surface area contributed by atoms with Crippen molar-refractivity contribution in [3.63, 3.8) is 0 Å². The third kappa shape index (κ3) is 6.24. The molecule has 4 nitrogen and oxygen atoms in total. The summed E-state index contributed by atoms with van der Waals surface area (Å²) in [5.74, 6) is -5.10. The SMILES string of the molecule is NCCOCC(=O)NCC(F)(F)C(F)F. The highest BCUT2D eigenvalue weighted by atomic mass is 19.3. The van der Waals surface area contributed by atoms with Gasteiger partial charge in [0.1, 0.15) is 6.61 Å². The van der Waals surface area contributed by atoms with Crippen molar-refractivity contribution in [2.24, 2.45) is 5.73 Å². The van der Waals surface area contributed by atoms with Crippen LogP contribution in [0.4, 0.5) is 17.6 Å². The van der Waals surface area contributed by atoms with Gasteiger partial charge in [-0.15, -0.1) is 0 Å². The minimum Gasteiger partial charge on any atom is -0.370 e. The lowest BCUT2D eigenvalue weighted by atomic mass is 10.3. The molecule has 0 aromatic heterocycles. The molecule has 0 heterocycles. The Balaban J connectivity index is 3.71. The molecule has 0 rings (SSSR count). The van der Waals surface area contributed by atoms with Crippen LogP contribution in [0.5, 0.6) is 0 Å². The van der Waals surface area contributed by atoms with Crippen LogP contribution in [0.3, 0.4) is 0 Å². The zero-order valence-corrected chi connectivity index (χ0v) is 7.81. The molecule has 0 aromatic rings. The van der Waals surface area contributed by atoms with Gasteiger partial charge in [-0.3, -0.25) is 4.79 Å². The third-order valence-electron chi connectivity index (χ3n) is 1.34. The van der Waals surface area contributed by atoms with Gasteiger partial charge < -0.3 is 15.8 Å². The number of carbonyl (C=O) groups is 1. The molecular formula is C7H12F4N2O2. The summed E-state index contributed by atoms with van der Waals surface area (Å²) < 4.78 is 52.4. The first-order valence-electron chi connectivity index (χ1n) is 4.10. The van der Waals surface area contributed by atoms with Crippen molar-refractivity contribution >= 4 is 5.91 Å². The van der Waals surface area contributed by atoms with Crippen molar-refractivity contribution in [2.45, 2.75) is 12.3 Å². The molecule has 0 spiro atoms. The van der Waals surface area contributed by atoms with E-state index in [1.807, 2.05) is 0 Å². The Bertz CT molecular complexity index is 201. The number of amides is 1. The zero-order chi connectivity index (χ0) is 11.9. The molecule has 0 aliphatic rings. The van der Waals surface area contributed by atoms with E-state index in [-0.39, 0.29) is 13.2 Å². The van der Waals surface area contributed by atoms with Gasteiger partial charge >= 0.3 is 12.3 Å². The summed E-state index contributed by atoms with van der Waals surface area (Å²) in [6, 6.07) is 0. The molecular weight excluding hydrogens is 220 g/mol. The Morgan fingerprint density at radius 1 is 1.47 bits per heavy atom. The minimum absolute atomic E-state index is 0.0959. The van der Waals surface area contributed by atoms with E-state index in [1.54, 1.807) is 5.32 Å². The fourth-order valence-corrected chi connectivity index (χ4v) is 0.593. The number of nitrogens with two attached hydrogens (primary N) is 1. The molecule has 0 radical (unpaired) electrons. The molecule has 0 aromatic carbocycles. The molecule has 0 aliphatic heterocycles. The highest BCUT2D eigenvalue weighted by molar-refractivity contribution is 5.77. The van der Waals surface area contributed by atoms with Crippen LogP contribution in [0.15, 0.2) is 0 Å². The summed E-state index contributed by atoms with van der Waals surface area (Å²) in [4.78, 5) is 10.7. The summed E-state index contributed by atoms with van der Waals surface area (Å²) in [6.45, 7) is -1.61. The summed E-state index contributed by atoms with van der Waals surface area (Å²) in [7, 11) is 0. The first-order chi connectivity index (χ1) is 6.90. The topological polar surface area (TPSA) is 64.3 Å². The molecule has 0 fully saturated rings. The molecule has 1 amide bonds. The second kappa shape index (κ2) is 6.57. The number of hydrogen-bond donors (Lipinski definition) is 2. The second-order valence-corrected chi connectivity index (χ2v) is 2.68. The number of hydrogen-bond acceptors (Lipinski definition) is 3. The van der Waals surface area contributed by atoms with E-state index in [9.17, 15) is 22.4 Å². The Morgan fingerprint density at radius 3 is 2.53 bits per heavy atom. The monoisotopic (exact) mass is 232 g/mol. The van der Waals surface area contributed by atoms with Crippen LogP contribution in [0.2, 0.25) is 0 Å². The molecule has 8 heteroatoms. The van der Waals surface area contributed by atoms with Crippen LogP contribution < -0.4 is 11.1 Å². The van der Waals surface area contributed by atoms with E-state index in [4.69, 9.17) is 5.73 Å². The number of carbonyl (C=O) groups excluding carboxylic acids is 1. The Kier molecular flexibility index (Phi) is 6.18. The third-order valence-corrected chi connectivity index (χ3v) is 1.34. The maximum absolute atomic E-state index is 12.3. The molecule has 0 bridgehead atoms. The standard InChI is InChI=1S/C7H12F4N2O2/c8-6(9)7(10,11)4-13-5(14)3-15-2-1-12/h6H,1-4,12H2,(H,13,14). The fourth-order valence-electron chi connectivity index (χ4n) is 0.593. The van der Waals surface area contributed by atoms with Gasteiger partial charge in [-0.05, 0) is 0 Å². The molecule has 15 heavy (non-hydrogen) atoms. The lowest BCUT2D eigenvalue weighted by Crippen LogP contribution is -2.42. The number of rotatable bonds is 7. The maximum Gasteiger partial charge on any atom is 0.324 e. The van der Waals surface area contributed by atoms with Gasteiger partial charge in [0.2, 0.25) is 5.91 Å². The Morgan fingerprint density at radius 2 is 2.07 bits per heavy atom. The molecule has 0 atom stereocenters. The van der Waals surface area contributed by atoms with E-state index in [0.717, 1.165) is 0 Å². The first kappa shape index (κ1) is 14.1. The molecule has 3 N–H and O–H groups in total. The van der Waals surface area contributed by atoms with E-state index >= 15 is 0 Å². The van der Waals surface area contributed by atoms with Crippen molar-refractivity contribution in [1.82, 2.24) is 5.32 Å². The van der Waals surface area contributed by atoms with Crippen molar-refractivity contribution in [3.05, 3.63) is 0 Å². The van der Waals surface area contributed by atoms with Crippen molar-refractivity contribution in [1.29, 1.82) is 0 Å². The lowest BCUT2D eigenvalue weighted by Gasteiger charge is -2.15. The molecule has 0 saturated carbocycles. The number of halogens is 4. The lowest BCUT2D eigenvalue weighted by molar-refractivity contribution is -0.139. The smallest absolute Gasteiger partial charge is 0.324 e. The van der Waals surface area contributed by atoms with E-state index < -0.39 is 31.4 Å². The average molecular weight is 232 g/mol. The van der Waals surface area contributed by atoms with Crippen LogP contribution in [0, 0.1) is 0 Å². The first-order valence-corrected chi connectivity index (χ1v) is 4.10. The molecule has 0 unspecified atom stereocenters. The van der Waals surface area contributed by atoms with Gasteiger partial charge in [-0.2, -0.15) is 8.78 Å². The van der Waals surface area contributed by atoms with Crippen LogP contribution in [-0.2, 0) is 9.53 Å². The summed E-state index contributed by atoms with van der Waals surface area (Å²) in [6.07, 6.45) is -3.80. The zero-order valence-electron chi connectivity index (χ0n) is 7.81. The normalized spacial score (nSPS) is 11.9. The Hall–Kier alpha value is -0.890. The van der Waals surface area contributed by atoms with Crippen LogP contribution >= 0.6 is 0 Å². The quantitative estimate of drug-likeness (QED) is 0.479. The number of nitrogens with one attached hydrogen (secondary N) is 1. The highest BCUT2D eigenvalue weighted by Crippen LogP contribution is 2.21. The van der Waals surface area contributed by atoms with E-state index in [0.29, 0.717) is 0 Å².